The summed E-state index contributed by atoms with van der Waals surface area (Å²) >= 11 is 6.91. The molecule has 4 aromatic rings. The van der Waals surface area contributed by atoms with Gasteiger partial charge in [-0.15, -0.1) is 0 Å². The number of rotatable bonds is 4. The summed E-state index contributed by atoms with van der Waals surface area (Å²) in [6, 6.07) is 22.8. The van der Waals surface area contributed by atoms with Crippen LogP contribution in [0.3, 0.4) is 0 Å². The smallest absolute Gasteiger partial charge is 0.260 e. The van der Waals surface area contributed by atoms with Gasteiger partial charge in [0.15, 0.2) is 6.10 Å². The second kappa shape index (κ2) is 7.61. The summed E-state index contributed by atoms with van der Waals surface area (Å²) in [5.74, 6) is -0.301. The van der Waals surface area contributed by atoms with Crippen LogP contribution in [-0.4, -0.2) is 16.9 Å². The fourth-order valence-corrected chi connectivity index (χ4v) is 4.39. The van der Waals surface area contributed by atoms with Crippen LogP contribution in [0.1, 0.15) is 22.0 Å². The van der Waals surface area contributed by atoms with Gasteiger partial charge in [-0.05, 0) is 41.5 Å². The normalized spacial score (nSPS) is 17.8. The Morgan fingerprint density at radius 2 is 1.60 bits per heavy atom. The van der Waals surface area contributed by atoms with E-state index in [1.54, 1.807) is 0 Å². The van der Waals surface area contributed by atoms with E-state index in [-0.39, 0.29) is 17.5 Å². The van der Waals surface area contributed by atoms with Crippen LogP contribution < -0.4 is 5.56 Å². The SMILES string of the molecule is O=C(c1c(-c2ccccc2)c2cc(Br)ccc2[nH]c1=O)[C@H]1O[C@@H]1c1ccc(Br)cc1. The molecule has 4 nitrogen and oxygen atoms in total. The summed E-state index contributed by atoms with van der Waals surface area (Å²) in [4.78, 5) is 29.3. The van der Waals surface area contributed by atoms with E-state index in [0.29, 0.717) is 11.1 Å². The third kappa shape index (κ3) is 3.45. The molecule has 1 fully saturated rings. The molecule has 148 valence electrons. The molecular formula is C24H15Br2NO3. The molecule has 0 radical (unpaired) electrons. The highest BCUT2D eigenvalue weighted by molar-refractivity contribution is 9.10. The van der Waals surface area contributed by atoms with E-state index in [1.807, 2.05) is 72.8 Å². The number of halogens is 2. The molecule has 2 atom stereocenters. The Bertz CT molecular complexity index is 1330. The van der Waals surface area contributed by atoms with Crippen LogP contribution in [0.15, 0.2) is 86.5 Å². The minimum atomic E-state index is -0.667. The highest BCUT2D eigenvalue weighted by Gasteiger charge is 2.47. The van der Waals surface area contributed by atoms with Crippen LogP contribution in [0, 0.1) is 0 Å². The Kier molecular flexibility index (Phi) is 4.93. The minimum Gasteiger partial charge on any atom is -0.356 e. The number of Topliss-reactive ketones (excluding diaryl/α,β-unsaturated/α-hetero) is 1. The molecule has 1 N–H and O–H groups in total. The van der Waals surface area contributed by atoms with Crippen molar-refractivity contribution >= 4 is 48.5 Å². The molecule has 0 amide bonds. The molecule has 0 unspecified atom stereocenters. The number of carbonyl (C=O) groups excluding carboxylic acids is 1. The highest BCUT2D eigenvalue weighted by atomic mass is 79.9. The molecule has 0 bridgehead atoms. The van der Waals surface area contributed by atoms with Crippen LogP contribution in [-0.2, 0) is 4.74 Å². The fourth-order valence-electron chi connectivity index (χ4n) is 3.77. The quantitative estimate of drug-likeness (QED) is 0.261. The first-order valence-corrected chi connectivity index (χ1v) is 11.0. The fraction of sp³-hybridized carbons (Fsp3) is 0.0833. The molecule has 1 aliphatic rings. The number of nitrogens with one attached hydrogen (secondary N) is 1. The van der Waals surface area contributed by atoms with Gasteiger partial charge in [-0.25, -0.2) is 0 Å². The number of hydrogen-bond acceptors (Lipinski definition) is 3. The molecular weight excluding hydrogens is 510 g/mol. The number of aromatic nitrogens is 1. The Hall–Kier alpha value is -2.54. The van der Waals surface area contributed by atoms with Gasteiger partial charge in [0.1, 0.15) is 6.10 Å². The summed E-state index contributed by atoms with van der Waals surface area (Å²) in [5.41, 5.74) is 2.77. The predicted octanol–water partition coefficient (Wildman–Crippen LogP) is 6.04. The number of epoxide rings is 1. The number of carbonyl (C=O) groups is 1. The van der Waals surface area contributed by atoms with Crippen molar-refractivity contribution in [2.24, 2.45) is 0 Å². The molecule has 0 spiro atoms. The number of hydrogen-bond donors (Lipinski definition) is 1. The lowest BCUT2D eigenvalue weighted by molar-refractivity contribution is 0.0953. The Balaban J connectivity index is 1.65. The van der Waals surface area contributed by atoms with E-state index in [0.717, 1.165) is 25.5 Å². The lowest BCUT2D eigenvalue weighted by Gasteiger charge is -2.12. The van der Waals surface area contributed by atoms with Gasteiger partial charge in [-0.3, -0.25) is 9.59 Å². The minimum absolute atomic E-state index is 0.136. The number of aromatic amines is 1. The van der Waals surface area contributed by atoms with E-state index >= 15 is 0 Å². The topological polar surface area (TPSA) is 62.5 Å². The van der Waals surface area contributed by atoms with Crippen molar-refractivity contribution in [3.63, 3.8) is 0 Å². The zero-order chi connectivity index (χ0) is 20.8. The largest absolute Gasteiger partial charge is 0.356 e. The van der Waals surface area contributed by atoms with Gasteiger partial charge < -0.3 is 9.72 Å². The highest BCUT2D eigenvalue weighted by Crippen LogP contribution is 2.42. The van der Waals surface area contributed by atoms with Crippen LogP contribution in [0.5, 0.6) is 0 Å². The number of ether oxygens (including phenoxy) is 1. The van der Waals surface area contributed by atoms with Crippen LogP contribution in [0.4, 0.5) is 0 Å². The third-order valence-electron chi connectivity index (χ3n) is 5.23. The standard InChI is InChI=1S/C24H15Br2NO3/c25-15-8-6-14(7-9-15)22-23(30-22)21(28)20-19(13-4-2-1-3-5-13)17-12-16(26)10-11-18(17)27-24(20)29/h1-12,22-23H,(H,27,29)/t22-,23-/m1/s1. The van der Waals surface area contributed by atoms with E-state index < -0.39 is 11.7 Å². The van der Waals surface area contributed by atoms with E-state index in [4.69, 9.17) is 4.74 Å². The van der Waals surface area contributed by atoms with E-state index in [1.165, 1.54) is 0 Å². The molecule has 0 aliphatic carbocycles. The average molecular weight is 525 g/mol. The Morgan fingerprint density at radius 3 is 2.33 bits per heavy atom. The zero-order valence-electron chi connectivity index (χ0n) is 15.6. The van der Waals surface area contributed by atoms with Gasteiger partial charge in [0.05, 0.1) is 5.56 Å². The van der Waals surface area contributed by atoms with E-state index in [9.17, 15) is 9.59 Å². The molecule has 6 heteroatoms. The Labute approximate surface area is 189 Å². The van der Waals surface area contributed by atoms with Gasteiger partial charge in [0.2, 0.25) is 5.78 Å². The third-order valence-corrected chi connectivity index (χ3v) is 6.26. The van der Waals surface area contributed by atoms with Crippen LogP contribution in [0.25, 0.3) is 22.0 Å². The lowest BCUT2D eigenvalue weighted by Crippen LogP contribution is -2.23. The first-order chi connectivity index (χ1) is 14.5. The van der Waals surface area contributed by atoms with Crippen molar-refractivity contribution in [3.8, 4) is 11.1 Å². The van der Waals surface area contributed by atoms with Crippen molar-refractivity contribution in [2.45, 2.75) is 12.2 Å². The second-order valence-corrected chi connectivity index (χ2v) is 8.98. The summed E-state index contributed by atoms with van der Waals surface area (Å²) in [6.07, 6.45) is -1.01. The maximum absolute atomic E-state index is 13.4. The maximum atomic E-state index is 13.4. The summed E-state index contributed by atoms with van der Waals surface area (Å²) < 4.78 is 7.54. The van der Waals surface area contributed by atoms with Gasteiger partial charge in [0.25, 0.3) is 5.56 Å². The molecule has 1 aromatic heterocycles. The lowest BCUT2D eigenvalue weighted by atomic mass is 9.92. The zero-order valence-corrected chi connectivity index (χ0v) is 18.7. The van der Waals surface area contributed by atoms with Crippen molar-refractivity contribution < 1.29 is 9.53 Å². The maximum Gasteiger partial charge on any atom is 0.260 e. The summed E-state index contributed by atoms with van der Waals surface area (Å²) in [6.45, 7) is 0. The summed E-state index contributed by atoms with van der Waals surface area (Å²) in [5, 5.41) is 0.805. The Morgan fingerprint density at radius 1 is 0.900 bits per heavy atom. The van der Waals surface area contributed by atoms with Gasteiger partial charge in [-0.2, -0.15) is 0 Å². The van der Waals surface area contributed by atoms with Gasteiger partial charge in [-0.1, -0.05) is 74.3 Å². The number of ketones is 1. The second-order valence-electron chi connectivity index (χ2n) is 7.15. The predicted molar refractivity (Wildman–Crippen MR) is 124 cm³/mol. The molecule has 1 aliphatic heterocycles. The van der Waals surface area contributed by atoms with Crippen molar-refractivity contribution in [1.82, 2.24) is 4.98 Å². The molecule has 0 saturated carbocycles. The van der Waals surface area contributed by atoms with Crippen LogP contribution in [0.2, 0.25) is 0 Å². The number of benzene rings is 3. The molecule has 2 heterocycles. The first kappa shape index (κ1) is 19.4. The summed E-state index contributed by atoms with van der Waals surface area (Å²) in [7, 11) is 0. The first-order valence-electron chi connectivity index (χ1n) is 9.39. The molecule has 5 rings (SSSR count). The molecule has 1 saturated heterocycles. The van der Waals surface area contributed by atoms with Gasteiger partial charge >= 0.3 is 0 Å². The van der Waals surface area contributed by atoms with Crippen LogP contribution >= 0.6 is 31.9 Å². The average Bonchev–Trinajstić information content (AvgIpc) is 3.55. The monoisotopic (exact) mass is 523 g/mol. The number of H-pyrrole nitrogens is 1. The van der Waals surface area contributed by atoms with Gasteiger partial charge in [0, 0.05) is 25.4 Å². The number of fused-ring (bicyclic) bond motifs is 1. The van der Waals surface area contributed by atoms with Crippen molar-refractivity contribution in [3.05, 3.63) is 103 Å². The molecule has 30 heavy (non-hydrogen) atoms. The number of pyridine rings is 1. The van der Waals surface area contributed by atoms with E-state index in [2.05, 4.69) is 36.8 Å². The molecule has 3 aromatic carbocycles. The van der Waals surface area contributed by atoms with Crippen molar-refractivity contribution in [1.29, 1.82) is 0 Å². The van der Waals surface area contributed by atoms with Crippen molar-refractivity contribution in [2.75, 3.05) is 0 Å².